The number of hydrogen-bond donors (Lipinski definition) is 0. The predicted molar refractivity (Wildman–Crippen MR) is 64.6 cm³/mol. The van der Waals surface area contributed by atoms with Crippen molar-refractivity contribution in [3.05, 3.63) is 12.2 Å². The molecule has 0 amide bonds. The third-order valence-electron chi connectivity index (χ3n) is 6.32. The maximum atomic E-state index is 4.44. The fourth-order valence-corrected chi connectivity index (χ4v) is 5.49. The molecule has 3 saturated carbocycles. The molecule has 3 fully saturated rings. The first kappa shape index (κ1) is 9.93. The molecular formula is C15H24. The standard InChI is InChI=1S/C15H24/c1-10(2)13-6-7-14(4)11(3)12-5-8-15(13,14)9-12/h10,12-13H,3,5-9H2,1-2,4H3/t12?,13-,14+,15?/m0/s1. The van der Waals surface area contributed by atoms with Gasteiger partial charge in [0.1, 0.15) is 0 Å². The summed E-state index contributed by atoms with van der Waals surface area (Å²) in [5, 5.41) is 0. The van der Waals surface area contributed by atoms with Crippen LogP contribution in [0.4, 0.5) is 0 Å². The summed E-state index contributed by atoms with van der Waals surface area (Å²) in [7, 11) is 0. The van der Waals surface area contributed by atoms with Gasteiger partial charge in [-0.2, -0.15) is 0 Å². The topological polar surface area (TPSA) is 0 Å². The van der Waals surface area contributed by atoms with E-state index in [4.69, 9.17) is 0 Å². The van der Waals surface area contributed by atoms with Crippen LogP contribution in [0.15, 0.2) is 12.2 Å². The fourth-order valence-electron chi connectivity index (χ4n) is 5.49. The summed E-state index contributed by atoms with van der Waals surface area (Å²) in [5.41, 5.74) is 2.81. The van der Waals surface area contributed by atoms with Gasteiger partial charge in [-0.15, -0.1) is 0 Å². The molecule has 4 atom stereocenters. The van der Waals surface area contributed by atoms with Crippen molar-refractivity contribution in [3.8, 4) is 0 Å². The monoisotopic (exact) mass is 204 g/mol. The van der Waals surface area contributed by atoms with Gasteiger partial charge >= 0.3 is 0 Å². The Kier molecular flexibility index (Phi) is 1.79. The third-order valence-corrected chi connectivity index (χ3v) is 6.32. The molecule has 3 rings (SSSR count). The molecule has 0 saturated heterocycles. The summed E-state index contributed by atoms with van der Waals surface area (Å²) in [4.78, 5) is 0. The number of hydrogen-bond acceptors (Lipinski definition) is 0. The quantitative estimate of drug-likeness (QED) is 0.555. The van der Waals surface area contributed by atoms with Gasteiger partial charge in [0.15, 0.2) is 0 Å². The summed E-state index contributed by atoms with van der Waals surface area (Å²) >= 11 is 0. The summed E-state index contributed by atoms with van der Waals surface area (Å²) in [6.07, 6.45) is 7.30. The van der Waals surface area contributed by atoms with Crippen LogP contribution in [0.1, 0.15) is 52.9 Å². The maximum Gasteiger partial charge on any atom is -0.00568 e. The molecule has 2 bridgehead atoms. The molecule has 1 spiro atoms. The maximum absolute atomic E-state index is 4.44. The highest BCUT2D eigenvalue weighted by Gasteiger charge is 2.67. The van der Waals surface area contributed by atoms with Gasteiger partial charge < -0.3 is 0 Å². The van der Waals surface area contributed by atoms with Crippen molar-refractivity contribution >= 4 is 0 Å². The minimum Gasteiger partial charge on any atom is -0.0990 e. The Hall–Kier alpha value is -0.260. The third kappa shape index (κ3) is 0.905. The Morgan fingerprint density at radius 1 is 1.27 bits per heavy atom. The highest BCUT2D eigenvalue weighted by molar-refractivity contribution is 5.32. The van der Waals surface area contributed by atoms with Gasteiger partial charge in [0.05, 0.1) is 0 Å². The van der Waals surface area contributed by atoms with E-state index in [1.807, 2.05) is 0 Å². The zero-order valence-electron chi connectivity index (χ0n) is 10.5. The Morgan fingerprint density at radius 3 is 2.67 bits per heavy atom. The molecule has 84 valence electrons. The second kappa shape index (κ2) is 2.70. The lowest BCUT2D eigenvalue weighted by atomic mass is 9.60. The highest BCUT2D eigenvalue weighted by atomic mass is 14.7. The Labute approximate surface area is 94.1 Å². The zero-order chi connectivity index (χ0) is 10.8. The smallest absolute Gasteiger partial charge is 0.00568 e. The van der Waals surface area contributed by atoms with Crippen molar-refractivity contribution in [3.63, 3.8) is 0 Å². The van der Waals surface area contributed by atoms with Gasteiger partial charge in [-0.25, -0.2) is 0 Å². The van der Waals surface area contributed by atoms with E-state index in [0.29, 0.717) is 10.8 Å². The summed E-state index contributed by atoms with van der Waals surface area (Å²) in [6, 6.07) is 0. The Bertz CT molecular complexity index is 314. The molecule has 0 heteroatoms. The molecule has 2 unspecified atom stereocenters. The van der Waals surface area contributed by atoms with Crippen molar-refractivity contribution in [2.75, 3.05) is 0 Å². The van der Waals surface area contributed by atoms with Crippen molar-refractivity contribution in [2.45, 2.75) is 52.9 Å². The van der Waals surface area contributed by atoms with Crippen LogP contribution in [0.25, 0.3) is 0 Å². The van der Waals surface area contributed by atoms with Crippen molar-refractivity contribution < 1.29 is 0 Å². The lowest BCUT2D eigenvalue weighted by molar-refractivity contribution is 0.0771. The van der Waals surface area contributed by atoms with Gasteiger partial charge in [-0.3, -0.25) is 0 Å². The van der Waals surface area contributed by atoms with Crippen molar-refractivity contribution in [1.82, 2.24) is 0 Å². The van der Waals surface area contributed by atoms with E-state index < -0.39 is 0 Å². The van der Waals surface area contributed by atoms with Gasteiger partial charge in [-0.1, -0.05) is 32.9 Å². The van der Waals surface area contributed by atoms with Crippen LogP contribution in [0.2, 0.25) is 0 Å². The van der Waals surface area contributed by atoms with Gasteiger partial charge in [-0.05, 0) is 60.7 Å². The largest absolute Gasteiger partial charge is 0.0990 e. The molecule has 0 aromatic rings. The van der Waals surface area contributed by atoms with Crippen LogP contribution in [-0.4, -0.2) is 0 Å². The van der Waals surface area contributed by atoms with Gasteiger partial charge in [0, 0.05) is 0 Å². The fraction of sp³-hybridized carbons (Fsp3) is 0.867. The van der Waals surface area contributed by atoms with E-state index in [1.165, 1.54) is 32.1 Å². The van der Waals surface area contributed by atoms with Crippen LogP contribution in [-0.2, 0) is 0 Å². The molecule has 0 radical (unpaired) electrons. The lowest BCUT2D eigenvalue weighted by Gasteiger charge is -2.44. The van der Waals surface area contributed by atoms with Crippen molar-refractivity contribution in [2.24, 2.45) is 28.6 Å². The van der Waals surface area contributed by atoms with Crippen molar-refractivity contribution in [1.29, 1.82) is 0 Å². The van der Waals surface area contributed by atoms with Crippen LogP contribution in [0.5, 0.6) is 0 Å². The van der Waals surface area contributed by atoms with E-state index >= 15 is 0 Å². The molecule has 0 aliphatic heterocycles. The molecule has 0 aromatic heterocycles. The minimum atomic E-state index is 0.519. The molecule has 15 heavy (non-hydrogen) atoms. The number of fused-ring (bicyclic) bond motifs is 1. The molecule has 0 N–H and O–H groups in total. The zero-order valence-corrected chi connectivity index (χ0v) is 10.5. The normalized spacial score (nSPS) is 52.9. The Morgan fingerprint density at radius 2 is 2.00 bits per heavy atom. The van der Waals surface area contributed by atoms with E-state index in [1.54, 1.807) is 5.57 Å². The summed E-state index contributed by atoms with van der Waals surface area (Å²) < 4.78 is 0. The van der Waals surface area contributed by atoms with E-state index in [-0.39, 0.29) is 0 Å². The second-order valence-electron chi connectivity index (χ2n) is 6.84. The molecule has 0 heterocycles. The van der Waals surface area contributed by atoms with Gasteiger partial charge in [0.25, 0.3) is 0 Å². The second-order valence-corrected chi connectivity index (χ2v) is 6.84. The van der Waals surface area contributed by atoms with Crippen LogP contribution in [0.3, 0.4) is 0 Å². The predicted octanol–water partition coefficient (Wildman–Crippen LogP) is 4.42. The molecule has 3 aliphatic rings. The molecule has 0 aromatic carbocycles. The summed E-state index contributed by atoms with van der Waals surface area (Å²) in [5.74, 6) is 2.74. The van der Waals surface area contributed by atoms with E-state index in [2.05, 4.69) is 27.4 Å². The first-order valence-electron chi connectivity index (χ1n) is 6.70. The average molecular weight is 204 g/mol. The lowest BCUT2D eigenvalue weighted by Crippen LogP contribution is -2.37. The molecular weight excluding hydrogens is 180 g/mol. The first-order chi connectivity index (χ1) is 7.01. The van der Waals surface area contributed by atoms with Crippen LogP contribution >= 0.6 is 0 Å². The summed E-state index contributed by atoms with van der Waals surface area (Å²) in [6.45, 7) is 11.8. The van der Waals surface area contributed by atoms with Gasteiger partial charge in [0.2, 0.25) is 0 Å². The molecule has 3 aliphatic carbocycles. The van der Waals surface area contributed by atoms with Crippen LogP contribution < -0.4 is 0 Å². The highest BCUT2D eigenvalue weighted by Crippen LogP contribution is 2.76. The average Bonchev–Trinajstić information content (AvgIpc) is 2.76. The minimum absolute atomic E-state index is 0.519. The van der Waals surface area contributed by atoms with Crippen LogP contribution in [0, 0.1) is 28.6 Å². The first-order valence-corrected chi connectivity index (χ1v) is 6.70. The van der Waals surface area contributed by atoms with E-state index in [0.717, 1.165) is 17.8 Å². The molecule has 0 nitrogen and oxygen atoms in total. The Balaban J connectivity index is 2.07. The van der Waals surface area contributed by atoms with E-state index in [9.17, 15) is 0 Å². The SMILES string of the molecule is C=C1C2CCC3(C2)[C@H](C(C)C)CC[C@]13C. The number of allylic oxidation sites excluding steroid dienone is 1. The number of rotatable bonds is 1.